The van der Waals surface area contributed by atoms with Crippen molar-refractivity contribution in [2.24, 2.45) is 35.1 Å². The summed E-state index contributed by atoms with van der Waals surface area (Å²) in [5.74, 6) is 2.09. The molecule has 2 bridgehead atoms. The third-order valence-corrected chi connectivity index (χ3v) is 6.10. The molecule has 0 heterocycles. The number of carbonyl (C=O) groups excluding carboxylic acids is 1. The highest BCUT2D eigenvalue weighted by Crippen LogP contribution is 2.43. The molecular weight excluding hydrogens is 250 g/mol. The first-order valence-corrected chi connectivity index (χ1v) is 8.31. The number of nitrogens with two attached hydrogens (primary N) is 2. The lowest BCUT2D eigenvalue weighted by atomic mass is 9.65. The molecule has 3 saturated carbocycles. The Hall–Kier alpha value is -0.610. The first-order chi connectivity index (χ1) is 9.53. The zero-order valence-electron chi connectivity index (χ0n) is 12.6. The van der Waals surface area contributed by atoms with Crippen LogP contribution < -0.4 is 16.8 Å². The molecule has 114 valence electrons. The van der Waals surface area contributed by atoms with Crippen LogP contribution in [0.1, 0.15) is 51.9 Å². The monoisotopic (exact) mass is 279 g/mol. The van der Waals surface area contributed by atoms with Gasteiger partial charge < -0.3 is 16.8 Å². The molecule has 4 nitrogen and oxygen atoms in total. The molecule has 3 atom stereocenters. The highest BCUT2D eigenvalue weighted by Gasteiger charge is 2.45. The Morgan fingerprint density at radius 1 is 1.20 bits per heavy atom. The summed E-state index contributed by atoms with van der Waals surface area (Å²) in [6, 6.07) is 0.331. The van der Waals surface area contributed by atoms with Crippen LogP contribution in [0.3, 0.4) is 0 Å². The molecule has 0 aromatic rings. The van der Waals surface area contributed by atoms with Gasteiger partial charge in [0.1, 0.15) is 0 Å². The molecule has 4 heteroatoms. The quantitative estimate of drug-likeness (QED) is 0.727. The topological polar surface area (TPSA) is 81.1 Å². The Bertz CT molecular complexity index is 368. The second kappa shape index (κ2) is 5.30. The Morgan fingerprint density at radius 3 is 2.30 bits per heavy atom. The van der Waals surface area contributed by atoms with Gasteiger partial charge in [-0.3, -0.25) is 4.79 Å². The fourth-order valence-corrected chi connectivity index (χ4v) is 4.43. The second-order valence-electron chi connectivity index (χ2n) is 7.58. The molecule has 0 aromatic heterocycles. The molecule has 20 heavy (non-hydrogen) atoms. The van der Waals surface area contributed by atoms with E-state index in [0.717, 1.165) is 12.8 Å². The van der Waals surface area contributed by atoms with Gasteiger partial charge in [-0.2, -0.15) is 0 Å². The molecule has 3 aliphatic rings. The van der Waals surface area contributed by atoms with Crippen LogP contribution >= 0.6 is 0 Å². The standard InChI is InChI=1S/C16H29N3O/c1-16(9-17,13-5-6-13)19-15(20)12-7-10-3-2-4-11(8-12)14(10)18/h10-14H,2-9,17-18H2,1H3,(H,19,20). The first kappa shape index (κ1) is 14.3. The van der Waals surface area contributed by atoms with Crippen molar-refractivity contribution < 1.29 is 4.79 Å². The van der Waals surface area contributed by atoms with E-state index < -0.39 is 0 Å². The van der Waals surface area contributed by atoms with Gasteiger partial charge >= 0.3 is 0 Å². The minimum Gasteiger partial charge on any atom is -0.349 e. The molecule has 3 aliphatic carbocycles. The van der Waals surface area contributed by atoms with Gasteiger partial charge in [-0.15, -0.1) is 0 Å². The minimum absolute atomic E-state index is 0.162. The molecule has 3 fully saturated rings. The largest absolute Gasteiger partial charge is 0.349 e. The molecule has 3 unspecified atom stereocenters. The van der Waals surface area contributed by atoms with Crippen LogP contribution in [-0.2, 0) is 4.79 Å². The summed E-state index contributed by atoms with van der Waals surface area (Å²) < 4.78 is 0. The first-order valence-electron chi connectivity index (χ1n) is 8.31. The molecule has 0 radical (unpaired) electrons. The summed E-state index contributed by atoms with van der Waals surface area (Å²) in [5, 5.41) is 3.27. The van der Waals surface area contributed by atoms with E-state index in [0.29, 0.717) is 30.3 Å². The third kappa shape index (κ3) is 2.60. The van der Waals surface area contributed by atoms with Gasteiger partial charge in [0.2, 0.25) is 5.91 Å². The van der Waals surface area contributed by atoms with Crippen LogP contribution in [-0.4, -0.2) is 24.0 Å². The zero-order chi connectivity index (χ0) is 14.3. The summed E-state index contributed by atoms with van der Waals surface area (Å²) in [6.45, 7) is 2.65. The smallest absolute Gasteiger partial charge is 0.223 e. The molecule has 3 rings (SSSR count). The van der Waals surface area contributed by atoms with E-state index in [1.165, 1.54) is 32.1 Å². The van der Waals surface area contributed by atoms with Crippen LogP contribution in [0.15, 0.2) is 0 Å². The highest BCUT2D eigenvalue weighted by atomic mass is 16.2. The zero-order valence-corrected chi connectivity index (χ0v) is 12.6. The van der Waals surface area contributed by atoms with Crippen molar-refractivity contribution in [2.75, 3.05) is 6.54 Å². The number of nitrogens with one attached hydrogen (secondary N) is 1. The van der Waals surface area contributed by atoms with Crippen LogP contribution in [0.4, 0.5) is 0 Å². The summed E-state index contributed by atoms with van der Waals surface area (Å²) in [7, 11) is 0. The Balaban J connectivity index is 1.63. The van der Waals surface area contributed by atoms with Gasteiger partial charge in [0.15, 0.2) is 0 Å². The van der Waals surface area contributed by atoms with Gasteiger partial charge in [-0.25, -0.2) is 0 Å². The average Bonchev–Trinajstić information content (AvgIpc) is 3.22. The van der Waals surface area contributed by atoms with E-state index in [1.807, 2.05) is 0 Å². The van der Waals surface area contributed by atoms with Gasteiger partial charge in [0.25, 0.3) is 0 Å². The van der Waals surface area contributed by atoms with E-state index in [1.54, 1.807) is 0 Å². The molecule has 0 saturated heterocycles. The lowest BCUT2D eigenvalue weighted by Gasteiger charge is -2.44. The molecule has 5 N–H and O–H groups in total. The lowest BCUT2D eigenvalue weighted by Crippen LogP contribution is -2.56. The Labute approximate surface area is 122 Å². The molecule has 0 spiro atoms. The number of rotatable bonds is 4. The van der Waals surface area contributed by atoms with E-state index in [9.17, 15) is 4.79 Å². The maximum atomic E-state index is 12.6. The van der Waals surface area contributed by atoms with Crippen LogP contribution in [0.25, 0.3) is 0 Å². The number of amides is 1. The van der Waals surface area contributed by atoms with Crippen molar-refractivity contribution in [3.63, 3.8) is 0 Å². The summed E-state index contributed by atoms with van der Waals surface area (Å²) in [6.07, 6.45) is 8.07. The van der Waals surface area contributed by atoms with Crippen molar-refractivity contribution >= 4 is 5.91 Å². The Morgan fingerprint density at radius 2 is 1.80 bits per heavy atom. The van der Waals surface area contributed by atoms with Crippen molar-refractivity contribution in [3.8, 4) is 0 Å². The number of carbonyl (C=O) groups is 1. The Kier molecular flexibility index (Phi) is 3.80. The fraction of sp³-hybridized carbons (Fsp3) is 0.938. The van der Waals surface area contributed by atoms with Gasteiger partial charge in [0, 0.05) is 18.5 Å². The van der Waals surface area contributed by atoms with Crippen molar-refractivity contribution in [1.29, 1.82) is 0 Å². The van der Waals surface area contributed by atoms with Gasteiger partial charge in [-0.05, 0) is 63.2 Å². The fourth-order valence-electron chi connectivity index (χ4n) is 4.43. The predicted octanol–water partition coefficient (Wildman–Crippen LogP) is 1.38. The normalized spacial score (nSPS) is 40.0. The maximum absolute atomic E-state index is 12.6. The van der Waals surface area contributed by atoms with Crippen LogP contribution in [0, 0.1) is 23.7 Å². The van der Waals surface area contributed by atoms with Gasteiger partial charge in [0.05, 0.1) is 5.54 Å². The molecule has 1 amide bonds. The van der Waals surface area contributed by atoms with Gasteiger partial charge in [-0.1, -0.05) is 6.42 Å². The van der Waals surface area contributed by atoms with E-state index >= 15 is 0 Å². The van der Waals surface area contributed by atoms with E-state index in [-0.39, 0.29) is 17.4 Å². The predicted molar refractivity (Wildman–Crippen MR) is 79.9 cm³/mol. The van der Waals surface area contributed by atoms with E-state index in [2.05, 4.69) is 12.2 Å². The second-order valence-corrected chi connectivity index (χ2v) is 7.58. The SMILES string of the molecule is CC(CN)(NC(=O)C1CC2CCCC(C1)C2N)C1CC1. The third-order valence-electron chi connectivity index (χ3n) is 6.10. The number of fused-ring (bicyclic) bond motifs is 2. The van der Waals surface area contributed by atoms with Crippen LogP contribution in [0.5, 0.6) is 0 Å². The lowest BCUT2D eigenvalue weighted by molar-refractivity contribution is -0.130. The van der Waals surface area contributed by atoms with Crippen LogP contribution in [0.2, 0.25) is 0 Å². The number of hydrogen-bond acceptors (Lipinski definition) is 3. The van der Waals surface area contributed by atoms with Crippen molar-refractivity contribution in [3.05, 3.63) is 0 Å². The summed E-state index contributed by atoms with van der Waals surface area (Å²) in [4.78, 5) is 12.6. The molecule has 0 aromatic carbocycles. The van der Waals surface area contributed by atoms with Crippen molar-refractivity contribution in [1.82, 2.24) is 5.32 Å². The minimum atomic E-state index is -0.189. The number of hydrogen-bond donors (Lipinski definition) is 3. The molecular formula is C16H29N3O. The highest BCUT2D eigenvalue weighted by molar-refractivity contribution is 5.79. The summed E-state index contributed by atoms with van der Waals surface area (Å²) in [5.41, 5.74) is 12.0. The van der Waals surface area contributed by atoms with E-state index in [4.69, 9.17) is 11.5 Å². The maximum Gasteiger partial charge on any atom is 0.223 e. The van der Waals surface area contributed by atoms with Crippen molar-refractivity contribution in [2.45, 2.75) is 63.5 Å². The summed E-state index contributed by atoms with van der Waals surface area (Å²) >= 11 is 0. The molecule has 0 aliphatic heterocycles. The average molecular weight is 279 g/mol.